The van der Waals surface area contributed by atoms with Crippen molar-refractivity contribution >= 4 is 35.2 Å². The first-order valence-electron chi connectivity index (χ1n) is 6.62. The summed E-state index contributed by atoms with van der Waals surface area (Å²) in [4.78, 5) is 11.2. The fraction of sp³-hybridized carbons (Fsp3) is 0.250. The van der Waals surface area contributed by atoms with Gasteiger partial charge in [-0.2, -0.15) is 4.57 Å². The lowest BCUT2D eigenvalue weighted by atomic mass is 10.1. The molecule has 0 aliphatic carbocycles. The standard InChI is InChI=1S/C16H17N2O2S/c1-4-10-17-13(3)6-7-14-11-15(8-9-16(14)17)18(12-19)21-20-5-2/h1,6-9,11-12H,5,10H2,2-3H3/q+1. The molecule has 5 heteroatoms. The molecule has 2 rings (SSSR count). The zero-order chi connectivity index (χ0) is 15.2. The van der Waals surface area contributed by atoms with Crippen LogP contribution in [0.15, 0.2) is 30.3 Å². The number of amides is 1. The van der Waals surface area contributed by atoms with Gasteiger partial charge >= 0.3 is 0 Å². The molecule has 1 aromatic carbocycles. The number of carbonyl (C=O) groups excluding carboxylic acids is 1. The number of hydrogen-bond donors (Lipinski definition) is 0. The Morgan fingerprint density at radius 3 is 2.90 bits per heavy atom. The van der Waals surface area contributed by atoms with Gasteiger partial charge in [-0.15, -0.1) is 6.42 Å². The van der Waals surface area contributed by atoms with Gasteiger partial charge < -0.3 is 0 Å². The van der Waals surface area contributed by atoms with Crippen LogP contribution < -0.4 is 8.87 Å². The van der Waals surface area contributed by atoms with Crippen LogP contribution in [0.2, 0.25) is 0 Å². The highest BCUT2D eigenvalue weighted by Gasteiger charge is 2.14. The van der Waals surface area contributed by atoms with Crippen molar-refractivity contribution in [2.45, 2.75) is 20.4 Å². The zero-order valence-electron chi connectivity index (χ0n) is 12.1. The van der Waals surface area contributed by atoms with Crippen LogP contribution in [0.4, 0.5) is 5.69 Å². The first kappa shape index (κ1) is 15.4. The molecule has 108 valence electrons. The predicted octanol–water partition coefficient (Wildman–Crippen LogP) is 2.63. The Balaban J connectivity index is 2.45. The largest absolute Gasteiger partial charge is 0.297 e. The van der Waals surface area contributed by atoms with Crippen LogP contribution in [-0.4, -0.2) is 13.0 Å². The maximum absolute atomic E-state index is 11.2. The number of aryl methyl sites for hydroxylation is 1. The van der Waals surface area contributed by atoms with Crippen molar-refractivity contribution < 1.29 is 13.5 Å². The number of pyridine rings is 1. The smallest absolute Gasteiger partial charge is 0.226 e. The molecule has 0 spiro atoms. The predicted molar refractivity (Wildman–Crippen MR) is 85.5 cm³/mol. The van der Waals surface area contributed by atoms with E-state index < -0.39 is 0 Å². The van der Waals surface area contributed by atoms with Gasteiger partial charge in [-0.3, -0.25) is 8.98 Å². The van der Waals surface area contributed by atoms with E-state index in [1.807, 2.05) is 44.2 Å². The van der Waals surface area contributed by atoms with Crippen molar-refractivity contribution in [2.24, 2.45) is 0 Å². The molecule has 1 aromatic heterocycles. The first-order valence-corrected chi connectivity index (χ1v) is 7.32. The number of nitrogens with zero attached hydrogens (tertiary/aromatic N) is 2. The van der Waals surface area contributed by atoms with Crippen molar-refractivity contribution in [1.29, 1.82) is 0 Å². The van der Waals surface area contributed by atoms with Gasteiger partial charge in [0.1, 0.15) is 12.2 Å². The minimum atomic E-state index is 0.521. The van der Waals surface area contributed by atoms with Crippen LogP contribution >= 0.6 is 12.2 Å². The lowest BCUT2D eigenvalue weighted by Crippen LogP contribution is -2.37. The molecule has 0 radical (unpaired) electrons. The zero-order valence-corrected chi connectivity index (χ0v) is 12.9. The molecule has 4 nitrogen and oxygen atoms in total. The Morgan fingerprint density at radius 1 is 1.43 bits per heavy atom. The van der Waals surface area contributed by atoms with Crippen molar-refractivity contribution in [3.05, 3.63) is 36.0 Å². The van der Waals surface area contributed by atoms with Crippen LogP contribution in [0.5, 0.6) is 0 Å². The molecule has 0 aliphatic heterocycles. The molecule has 1 amide bonds. The molecule has 0 fully saturated rings. The summed E-state index contributed by atoms with van der Waals surface area (Å²) in [6.45, 7) is 4.95. The molecule has 1 heterocycles. The minimum absolute atomic E-state index is 0.521. The van der Waals surface area contributed by atoms with Crippen molar-refractivity contribution in [1.82, 2.24) is 0 Å². The van der Waals surface area contributed by atoms with Crippen LogP contribution in [-0.2, 0) is 15.5 Å². The molecule has 0 saturated heterocycles. The Kier molecular flexibility index (Phi) is 5.20. The van der Waals surface area contributed by atoms with Crippen molar-refractivity contribution in [3.8, 4) is 12.3 Å². The summed E-state index contributed by atoms with van der Waals surface area (Å²) in [7, 11) is 0. The van der Waals surface area contributed by atoms with Crippen LogP contribution in [0.25, 0.3) is 10.9 Å². The second-order valence-corrected chi connectivity index (χ2v) is 5.20. The summed E-state index contributed by atoms with van der Waals surface area (Å²) in [5, 5.41) is 1.03. The topological polar surface area (TPSA) is 33.4 Å². The Bertz CT molecular complexity index is 694. The molecular weight excluding hydrogens is 284 g/mol. The number of carbonyl (C=O) groups is 1. The van der Waals surface area contributed by atoms with Gasteiger partial charge in [0.2, 0.25) is 18.5 Å². The molecular formula is C16H17N2O2S+. The quantitative estimate of drug-likeness (QED) is 0.270. The highest BCUT2D eigenvalue weighted by atomic mass is 32.2. The van der Waals surface area contributed by atoms with Gasteiger partial charge in [-0.25, -0.2) is 4.31 Å². The number of anilines is 1. The number of fused-ring (bicyclic) bond motifs is 1. The molecule has 0 N–H and O–H groups in total. The molecule has 0 bridgehead atoms. The van der Waals surface area contributed by atoms with Crippen LogP contribution in [0.1, 0.15) is 12.6 Å². The molecule has 0 atom stereocenters. The Morgan fingerprint density at radius 2 is 2.24 bits per heavy atom. The lowest BCUT2D eigenvalue weighted by Gasteiger charge is -2.14. The lowest BCUT2D eigenvalue weighted by molar-refractivity contribution is -0.664. The summed E-state index contributed by atoms with van der Waals surface area (Å²) in [5.41, 5.74) is 2.92. The summed E-state index contributed by atoms with van der Waals surface area (Å²) < 4.78 is 8.74. The van der Waals surface area contributed by atoms with Crippen LogP contribution in [0, 0.1) is 19.3 Å². The van der Waals surface area contributed by atoms with E-state index in [9.17, 15) is 4.79 Å². The van der Waals surface area contributed by atoms with Gasteiger partial charge in [0.15, 0.2) is 5.69 Å². The minimum Gasteiger partial charge on any atom is -0.297 e. The Labute approximate surface area is 129 Å². The highest BCUT2D eigenvalue weighted by Crippen LogP contribution is 2.25. The van der Waals surface area contributed by atoms with E-state index in [2.05, 4.69) is 10.5 Å². The third-order valence-electron chi connectivity index (χ3n) is 3.08. The van der Waals surface area contributed by atoms with E-state index in [0.717, 1.165) is 40.9 Å². The van der Waals surface area contributed by atoms with E-state index in [-0.39, 0.29) is 0 Å². The van der Waals surface area contributed by atoms with Gasteiger partial charge in [0.05, 0.1) is 12.3 Å². The summed E-state index contributed by atoms with van der Waals surface area (Å²) in [6.07, 6.45) is 6.17. The first-order chi connectivity index (χ1) is 10.2. The number of rotatable bonds is 6. The van der Waals surface area contributed by atoms with Gasteiger partial charge in [-0.05, 0) is 31.0 Å². The van der Waals surface area contributed by atoms with Gasteiger partial charge in [-0.1, -0.05) is 0 Å². The van der Waals surface area contributed by atoms with E-state index in [0.29, 0.717) is 13.2 Å². The van der Waals surface area contributed by atoms with Crippen molar-refractivity contribution in [3.63, 3.8) is 0 Å². The van der Waals surface area contributed by atoms with E-state index in [1.54, 1.807) is 0 Å². The monoisotopic (exact) mass is 301 g/mol. The SMILES string of the molecule is C#CC[n+]1c(C)ccc2cc(N(C=O)SOCC)ccc21. The van der Waals surface area contributed by atoms with Gasteiger partial charge in [0.25, 0.3) is 0 Å². The van der Waals surface area contributed by atoms with Gasteiger partial charge in [0, 0.05) is 24.4 Å². The molecule has 0 saturated carbocycles. The summed E-state index contributed by atoms with van der Waals surface area (Å²) in [6, 6.07) is 9.84. The van der Waals surface area contributed by atoms with Crippen LogP contribution in [0.3, 0.4) is 0 Å². The number of hydrogen-bond acceptors (Lipinski definition) is 3. The molecule has 0 unspecified atom stereocenters. The third-order valence-corrected chi connectivity index (χ3v) is 3.88. The average Bonchev–Trinajstić information content (AvgIpc) is 2.51. The Hall–Kier alpha value is -2.03. The summed E-state index contributed by atoms with van der Waals surface area (Å²) >= 11 is 1.03. The second kappa shape index (κ2) is 7.11. The van der Waals surface area contributed by atoms with E-state index >= 15 is 0 Å². The highest BCUT2D eigenvalue weighted by molar-refractivity contribution is 7.96. The maximum Gasteiger partial charge on any atom is 0.226 e. The third kappa shape index (κ3) is 3.35. The van der Waals surface area contributed by atoms with E-state index in [1.165, 1.54) is 4.31 Å². The molecule has 0 aliphatic rings. The number of benzene rings is 1. The maximum atomic E-state index is 11.2. The van der Waals surface area contributed by atoms with E-state index in [4.69, 9.17) is 10.6 Å². The summed E-state index contributed by atoms with van der Waals surface area (Å²) in [5.74, 6) is 2.67. The molecule has 21 heavy (non-hydrogen) atoms. The fourth-order valence-corrected chi connectivity index (χ4v) is 2.53. The number of terminal acetylenes is 1. The fourth-order valence-electron chi connectivity index (χ4n) is 2.08. The average molecular weight is 301 g/mol. The normalized spacial score (nSPS) is 10.3. The number of aromatic nitrogens is 1. The van der Waals surface area contributed by atoms with Crippen molar-refractivity contribution in [2.75, 3.05) is 10.9 Å². The molecule has 2 aromatic rings. The second-order valence-electron chi connectivity index (χ2n) is 4.42.